The van der Waals surface area contributed by atoms with Crippen LogP contribution in [0.3, 0.4) is 0 Å². The number of amides is 2. The minimum absolute atomic E-state index is 0.0112. The summed E-state index contributed by atoms with van der Waals surface area (Å²) in [5.41, 5.74) is 0.305. The summed E-state index contributed by atoms with van der Waals surface area (Å²) >= 11 is 6.47. The molecule has 40 heavy (non-hydrogen) atoms. The van der Waals surface area contributed by atoms with E-state index in [0.717, 1.165) is 36.9 Å². The van der Waals surface area contributed by atoms with Crippen LogP contribution >= 0.6 is 23.4 Å². The number of carboxylic acid groups (broad SMARTS) is 1. The summed E-state index contributed by atoms with van der Waals surface area (Å²) in [6.45, 7) is 1.39. The van der Waals surface area contributed by atoms with Crippen LogP contribution in [-0.2, 0) is 22.3 Å². The van der Waals surface area contributed by atoms with E-state index in [-0.39, 0.29) is 34.4 Å². The maximum atomic E-state index is 13.5. The van der Waals surface area contributed by atoms with Crippen molar-refractivity contribution in [2.24, 2.45) is 5.92 Å². The van der Waals surface area contributed by atoms with Gasteiger partial charge in [0.15, 0.2) is 0 Å². The number of piperidine rings is 1. The first-order chi connectivity index (χ1) is 19.0. The highest BCUT2D eigenvalue weighted by Crippen LogP contribution is 2.37. The number of fused-ring (bicyclic) bond motifs is 1. The van der Waals surface area contributed by atoms with Gasteiger partial charge < -0.3 is 10.4 Å². The average Bonchev–Trinajstić information content (AvgIpc) is 3.42. The molecule has 2 aliphatic heterocycles. The normalized spacial score (nSPS) is 18.7. The number of rotatable bonds is 7. The van der Waals surface area contributed by atoms with Crippen molar-refractivity contribution in [1.29, 1.82) is 0 Å². The van der Waals surface area contributed by atoms with Crippen molar-refractivity contribution >= 4 is 57.5 Å². The number of aliphatic carboxylic acids is 1. The van der Waals surface area contributed by atoms with Gasteiger partial charge in [0.05, 0.1) is 28.7 Å². The van der Waals surface area contributed by atoms with Gasteiger partial charge in [-0.05, 0) is 91.5 Å². The average molecular weight is 593 g/mol. The molecule has 210 valence electrons. The van der Waals surface area contributed by atoms with Crippen LogP contribution in [0.25, 0.3) is 17.0 Å². The highest BCUT2D eigenvalue weighted by Gasteiger charge is 2.43. The lowest BCUT2D eigenvalue weighted by atomic mass is 9.90. The van der Waals surface area contributed by atoms with Crippen molar-refractivity contribution in [2.45, 2.75) is 38.0 Å². The van der Waals surface area contributed by atoms with Gasteiger partial charge in [0.2, 0.25) is 0 Å². The molecule has 1 aromatic heterocycles. The smallest absolute Gasteiger partial charge is 0.416 e. The van der Waals surface area contributed by atoms with E-state index in [9.17, 15) is 32.7 Å². The fourth-order valence-corrected chi connectivity index (χ4v) is 6.13. The van der Waals surface area contributed by atoms with Crippen molar-refractivity contribution in [2.75, 3.05) is 13.1 Å². The molecule has 5 rings (SSSR count). The van der Waals surface area contributed by atoms with E-state index in [1.807, 2.05) is 0 Å². The lowest BCUT2D eigenvalue weighted by Gasteiger charge is -2.28. The molecule has 0 spiro atoms. The molecule has 3 heterocycles. The lowest BCUT2D eigenvalue weighted by molar-refractivity contribution is -0.146. The fourth-order valence-electron chi connectivity index (χ4n) is 5.08. The number of carbonyl (C=O) groups is 3. The first-order valence-corrected chi connectivity index (χ1v) is 13.7. The molecule has 0 saturated carbocycles. The van der Waals surface area contributed by atoms with Crippen LogP contribution in [0.1, 0.15) is 36.0 Å². The number of thioether (sulfide) groups is 1. The Morgan fingerprint density at radius 1 is 1.20 bits per heavy atom. The van der Waals surface area contributed by atoms with Gasteiger partial charge in [-0.15, -0.1) is 0 Å². The molecule has 2 aromatic carbocycles. The third kappa shape index (κ3) is 5.89. The Balaban J connectivity index is 1.37. The minimum Gasteiger partial charge on any atom is -0.480 e. The number of aromatic nitrogens is 2. The summed E-state index contributed by atoms with van der Waals surface area (Å²) < 4.78 is 42.0. The van der Waals surface area contributed by atoms with E-state index >= 15 is 0 Å². The highest BCUT2D eigenvalue weighted by molar-refractivity contribution is 8.18. The van der Waals surface area contributed by atoms with E-state index in [1.54, 1.807) is 18.2 Å². The molecule has 2 aliphatic rings. The number of hydrogen-bond acceptors (Lipinski definition) is 6. The van der Waals surface area contributed by atoms with E-state index in [1.165, 1.54) is 29.1 Å². The van der Waals surface area contributed by atoms with Crippen LogP contribution < -0.4 is 5.32 Å². The number of hydrogen-bond donors (Lipinski definition) is 2. The Hall–Kier alpha value is -3.35. The Labute approximate surface area is 236 Å². The predicted octanol–water partition coefficient (Wildman–Crippen LogP) is 5.64. The molecule has 0 bridgehead atoms. The van der Waals surface area contributed by atoms with Gasteiger partial charge in [-0.2, -0.15) is 18.3 Å². The van der Waals surface area contributed by atoms with Crippen molar-refractivity contribution in [1.82, 2.24) is 20.0 Å². The van der Waals surface area contributed by atoms with Gasteiger partial charge in [0.1, 0.15) is 6.04 Å². The van der Waals surface area contributed by atoms with Crippen molar-refractivity contribution in [3.05, 3.63) is 69.2 Å². The van der Waals surface area contributed by atoms with Crippen LogP contribution in [0.15, 0.2) is 47.5 Å². The molecule has 1 unspecified atom stereocenters. The van der Waals surface area contributed by atoms with Crippen LogP contribution in [-0.4, -0.2) is 56.0 Å². The zero-order valence-electron chi connectivity index (χ0n) is 20.9. The highest BCUT2D eigenvalue weighted by atomic mass is 35.5. The number of nitrogens with one attached hydrogen (secondary N) is 1. The lowest BCUT2D eigenvalue weighted by Crippen LogP contribution is -2.46. The van der Waals surface area contributed by atoms with E-state index < -0.39 is 34.9 Å². The van der Waals surface area contributed by atoms with Gasteiger partial charge in [0, 0.05) is 10.4 Å². The number of benzene rings is 2. The first-order valence-electron chi connectivity index (χ1n) is 12.5. The summed E-state index contributed by atoms with van der Waals surface area (Å²) in [7, 11) is 0. The van der Waals surface area contributed by atoms with Crippen LogP contribution in [0, 0.1) is 5.92 Å². The summed E-state index contributed by atoms with van der Waals surface area (Å²) in [5, 5.41) is 17.2. The van der Waals surface area contributed by atoms with E-state index in [0.29, 0.717) is 28.2 Å². The SMILES string of the molecule is O=C(O)C(CC1CCNCC1)N1C(=O)SC(=Cc2ccc3c(cnn3Cc3ccc(Cl)cc3C(F)(F)F)c2)C1=O. The summed E-state index contributed by atoms with van der Waals surface area (Å²) in [5.74, 6) is -1.78. The molecule has 0 aliphatic carbocycles. The number of alkyl halides is 3. The molecule has 13 heteroatoms. The number of nitrogens with zero attached hydrogens (tertiary/aromatic N) is 3. The molecular formula is C27H24ClF3N4O4S. The molecule has 1 atom stereocenters. The monoisotopic (exact) mass is 592 g/mol. The zero-order chi connectivity index (χ0) is 28.6. The molecule has 3 aromatic rings. The molecule has 8 nitrogen and oxygen atoms in total. The predicted molar refractivity (Wildman–Crippen MR) is 145 cm³/mol. The van der Waals surface area contributed by atoms with Crippen LogP contribution in [0.4, 0.5) is 18.0 Å². The third-order valence-corrected chi connectivity index (χ3v) is 8.22. The van der Waals surface area contributed by atoms with Gasteiger partial charge in [-0.25, -0.2) is 4.79 Å². The first kappa shape index (κ1) is 28.2. The second kappa shape index (κ2) is 11.3. The molecule has 2 fully saturated rings. The summed E-state index contributed by atoms with van der Waals surface area (Å²) in [6, 6.07) is 7.38. The fraction of sp³-hybridized carbons (Fsp3) is 0.333. The second-order valence-electron chi connectivity index (χ2n) is 9.75. The molecular weight excluding hydrogens is 569 g/mol. The van der Waals surface area contributed by atoms with Gasteiger partial charge in [-0.3, -0.25) is 19.2 Å². The Kier molecular flexibility index (Phi) is 7.94. The Morgan fingerprint density at radius 3 is 2.65 bits per heavy atom. The molecule has 2 amide bonds. The van der Waals surface area contributed by atoms with Crippen LogP contribution in [0.5, 0.6) is 0 Å². The topological polar surface area (TPSA) is 105 Å². The van der Waals surface area contributed by atoms with Gasteiger partial charge in [-0.1, -0.05) is 23.7 Å². The third-order valence-electron chi connectivity index (χ3n) is 7.10. The summed E-state index contributed by atoms with van der Waals surface area (Å²) in [6.07, 6.45) is 0.190. The second-order valence-corrected chi connectivity index (χ2v) is 11.2. The van der Waals surface area contributed by atoms with Gasteiger partial charge >= 0.3 is 12.1 Å². The van der Waals surface area contributed by atoms with Crippen molar-refractivity contribution < 1.29 is 32.7 Å². The molecule has 0 radical (unpaired) electrons. The minimum atomic E-state index is -4.58. The number of carboxylic acids is 1. The summed E-state index contributed by atoms with van der Waals surface area (Å²) in [4.78, 5) is 38.8. The maximum Gasteiger partial charge on any atom is 0.416 e. The van der Waals surface area contributed by atoms with E-state index in [2.05, 4.69) is 10.4 Å². The number of imide groups is 1. The number of carbonyl (C=O) groups excluding carboxylic acids is 2. The standard InChI is InChI=1S/C27H24ClF3N4O4S/c28-19-3-2-17(20(12-19)27(29,30)31)14-34-21-4-1-16(9-18(21)13-33-34)11-23-24(36)35(26(39)40-23)22(25(37)38)10-15-5-7-32-8-6-15/h1-4,9,11-13,15,22,32H,5-8,10,14H2,(H,37,38). The van der Waals surface area contributed by atoms with Crippen molar-refractivity contribution in [3.8, 4) is 0 Å². The number of halogens is 4. The molecule has 2 N–H and O–H groups in total. The van der Waals surface area contributed by atoms with Gasteiger partial charge in [0.25, 0.3) is 11.1 Å². The molecule has 2 saturated heterocycles. The Bertz CT molecular complexity index is 1520. The largest absolute Gasteiger partial charge is 0.480 e. The van der Waals surface area contributed by atoms with Crippen LogP contribution in [0.2, 0.25) is 5.02 Å². The maximum absolute atomic E-state index is 13.5. The van der Waals surface area contributed by atoms with E-state index in [4.69, 9.17) is 11.6 Å². The Morgan fingerprint density at radius 2 is 1.95 bits per heavy atom. The van der Waals surface area contributed by atoms with Crippen molar-refractivity contribution in [3.63, 3.8) is 0 Å². The zero-order valence-corrected chi connectivity index (χ0v) is 22.5. The quantitative estimate of drug-likeness (QED) is 0.342.